The molecule has 10 heavy (non-hydrogen) atoms. The van der Waals surface area contributed by atoms with Crippen LogP contribution in [0.5, 0.6) is 0 Å². The van der Waals surface area contributed by atoms with E-state index in [4.69, 9.17) is 0 Å². The third kappa shape index (κ3) is 0.699. The zero-order valence-corrected chi connectivity index (χ0v) is 5.15. The number of imidazole rings is 1. The van der Waals surface area contributed by atoms with Crippen LogP contribution in [0.1, 0.15) is 5.69 Å². The highest BCUT2D eigenvalue weighted by Crippen LogP contribution is 1.99. The van der Waals surface area contributed by atoms with Crippen molar-refractivity contribution in [1.82, 2.24) is 15.4 Å². The minimum atomic E-state index is 0.807. The molecule has 49 valence electrons. The van der Waals surface area contributed by atoms with E-state index in [0.29, 0.717) is 0 Å². The molecule has 4 heteroatoms. The summed E-state index contributed by atoms with van der Waals surface area (Å²) in [6, 6.07) is 0. The van der Waals surface area contributed by atoms with Gasteiger partial charge in [0.25, 0.3) is 0 Å². The first kappa shape index (κ1) is 5.22. The maximum Gasteiger partial charge on any atom is 0.114 e. The van der Waals surface area contributed by atoms with Gasteiger partial charge in [-0.2, -0.15) is 5.43 Å². The lowest BCUT2D eigenvalue weighted by molar-refractivity contribution is 0.971. The number of nitrogens with one attached hydrogen (secondary N) is 1. The Morgan fingerprint density at radius 2 is 2.40 bits per heavy atom. The predicted molar refractivity (Wildman–Crippen MR) is 36.4 cm³/mol. The van der Waals surface area contributed by atoms with Gasteiger partial charge < -0.3 is 4.98 Å². The second-order valence-corrected chi connectivity index (χ2v) is 1.87. The van der Waals surface area contributed by atoms with E-state index >= 15 is 0 Å². The van der Waals surface area contributed by atoms with Crippen LogP contribution in [0.3, 0.4) is 0 Å². The van der Waals surface area contributed by atoms with E-state index in [2.05, 4.69) is 20.5 Å². The molecule has 0 fully saturated rings. The predicted octanol–water partition coefficient (Wildman–Crippen LogP) is 0.245. The lowest BCUT2D eigenvalue weighted by atomic mass is 10.3. The SMILES string of the molecule is C1=CC(c2c[nH]cn2)=N[N]1. The van der Waals surface area contributed by atoms with E-state index in [9.17, 15) is 0 Å². The second-order valence-electron chi connectivity index (χ2n) is 1.87. The molecule has 1 N–H and O–H groups in total. The molecule has 0 saturated carbocycles. The average molecular weight is 133 g/mol. The molecule has 2 rings (SSSR count). The van der Waals surface area contributed by atoms with Crippen molar-refractivity contribution < 1.29 is 0 Å². The highest BCUT2D eigenvalue weighted by molar-refractivity contribution is 6.07. The number of allylic oxidation sites excluding steroid dienone is 1. The molecule has 0 aliphatic carbocycles. The molecule has 1 aliphatic heterocycles. The number of aromatic amines is 1. The largest absolute Gasteiger partial charge is 0.351 e. The molecular weight excluding hydrogens is 128 g/mol. The topological polar surface area (TPSA) is 55.1 Å². The normalized spacial score (nSPS) is 15.0. The third-order valence-electron chi connectivity index (χ3n) is 1.23. The summed E-state index contributed by atoms with van der Waals surface area (Å²) in [6.07, 6.45) is 6.86. The van der Waals surface area contributed by atoms with Gasteiger partial charge in [-0.25, -0.2) is 4.98 Å². The highest BCUT2D eigenvalue weighted by atomic mass is 15.3. The molecule has 1 aromatic rings. The molecule has 1 aromatic heterocycles. The summed E-state index contributed by atoms with van der Waals surface area (Å²) < 4.78 is 0. The molecule has 0 saturated heterocycles. The Balaban J connectivity index is 2.36. The van der Waals surface area contributed by atoms with Crippen LogP contribution >= 0.6 is 0 Å². The minimum Gasteiger partial charge on any atom is -0.351 e. The van der Waals surface area contributed by atoms with Crippen LogP contribution in [-0.4, -0.2) is 15.7 Å². The quantitative estimate of drug-likeness (QED) is 0.586. The van der Waals surface area contributed by atoms with Crippen LogP contribution < -0.4 is 5.43 Å². The summed E-state index contributed by atoms with van der Waals surface area (Å²) in [6.45, 7) is 0. The monoisotopic (exact) mass is 133 g/mol. The van der Waals surface area contributed by atoms with Crippen molar-refractivity contribution >= 4 is 5.71 Å². The highest BCUT2D eigenvalue weighted by Gasteiger charge is 2.04. The summed E-state index contributed by atoms with van der Waals surface area (Å²) in [7, 11) is 0. The standard InChI is InChI=1S/C6H5N4/c1-2-9-10-5(1)6-3-7-4-8-6/h1-4H,(H,7,8). The van der Waals surface area contributed by atoms with Crippen molar-refractivity contribution in [2.24, 2.45) is 5.10 Å². The van der Waals surface area contributed by atoms with E-state index in [1.54, 1.807) is 18.7 Å². The van der Waals surface area contributed by atoms with Gasteiger partial charge in [0.05, 0.1) is 12.5 Å². The van der Waals surface area contributed by atoms with E-state index in [0.717, 1.165) is 11.4 Å². The van der Waals surface area contributed by atoms with Gasteiger partial charge in [0.15, 0.2) is 0 Å². The number of hydrogen-bond donors (Lipinski definition) is 1. The van der Waals surface area contributed by atoms with E-state index in [1.807, 2.05) is 6.08 Å². The third-order valence-corrected chi connectivity index (χ3v) is 1.23. The van der Waals surface area contributed by atoms with Gasteiger partial charge in [-0.1, -0.05) is 0 Å². The summed E-state index contributed by atoms with van der Waals surface area (Å²) >= 11 is 0. The van der Waals surface area contributed by atoms with Gasteiger partial charge in [0.1, 0.15) is 11.4 Å². The van der Waals surface area contributed by atoms with Gasteiger partial charge in [0.2, 0.25) is 0 Å². The fourth-order valence-corrected chi connectivity index (χ4v) is 0.770. The number of hydrogen-bond acceptors (Lipinski definition) is 2. The Bertz CT molecular complexity index is 270. The van der Waals surface area contributed by atoms with Gasteiger partial charge in [-0.15, -0.1) is 5.10 Å². The molecule has 1 aliphatic rings. The molecule has 0 atom stereocenters. The number of H-pyrrole nitrogens is 1. The number of aromatic nitrogens is 2. The van der Waals surface area contributed by atoms with Crippen molar-refractivity contribution in [2.45, 2.75) is 0 Å². The molecule has 0 bridgehead atoms. The Kier molecular flexibility index (Phi) is 1.04. The lowest BCUT2D eigenvalue weighted by Crippen LogP contribution is -1.93. The van der Waals surface area contributed by atoms with Crippen molar-refractivity contribution in [3.05, 3.63) is 30.5 Å². The Labute approximate surface area is 57.7 Å². The molecule has 0 amide bonds. The molecular formula is C6H5N4. The maximum absolute atomic E-state index is 4.00. The first-order chi connectivity index (χ1) is 4.97. The van der Waals surface area contributed by atoms with Crippen LogP contribution in [0, 0.1) is 0 Å². The van der Waals surface area contributed by atoms with Crippen LogP contribution in [0.4, 0.5) is 0 Å². The van der Waals surface area contributed by atoms with Gasteiger partial charge in [-0.3, -0.25) is 0 Å². The smallest absolute Gasteiger partial charge is 0.114 e. The Hall–Kier alpha value is -1.58. The summed E-state index contributed by atoms with van der Waals surface area (Å²) in [4.78, 5) is 6.84. The van der Waals surface area contributed by atoms with Gasteiger partial charge in [0, 0.05) is 6.20 Å². The minimum absolute atomic E-state index is 0.807. The van der Waals surface area contributed by atoms with E-state index in [-0.39, 0.29) is 0 Å². The van der Waals surface area contributed by atoms with Gasteiger partial charge in [-0.05, 0) is 6.08 Å². The molecule has 2 heterocycles. The van der Waals surface area contributed by atoms with Crippen molar-refractivity contribution in [3.63, 3.8) is 0 Å². The molecule has 0 unspecified atom stereocenters. The Morgan fingerprint density at radius 1 is 1.40 bits per heavy atom. The first-order valence-electron chi connectivity index (χ1n) is 2.90. The van der Waals surface area contributed by atoms with Crippen LogP contribution in [-0.2, 0) is 0 Å². The van der Waals surface area contributed by atoms with Crippen molar-refractivity contribution in [3.8, 4) is 0 Å². The zero-order valence-electron chi connectivity index (χ0n) is 5.15. The molecule has 0 aromatic carbocycles. The van der Waals surface area contributed by atoms with Crippen molar-refractivity contribution in [1.29, 1.82) is 0 Å². The number of rotatable bonds is 1. The summed E-state index contributed by atoms with van der Waals surface area (Å²) in [5, 5.41) is 3.83. The van der Waals surface area contributed by atoms with Crippen molar-refractivity contribution in [2.75, 3.05) is 0 Å². The van der Waals surface area contributed by atoms with Crippen LogP contribution in [0.2, 0.25) is 0 Å². The molecule has 0 spiro atoms. The van der Waals surface area contributed by atoms with Crippen LogP contribution in [0.15, 0.2) is 29.9 Å². The Morgan fingerprint density at radius 3 is 3.00 bits per heavy atom. The summed E-state index contributed by atoms with van der Waals surface area (Å²) in [5.74, 6) is 0. The molecule has 4 nitrogen and oxygen atoms in total. The second kappa shape index (κ2) is 1.98. The number of nitrogens with zero attached hydrogens (tertiary/aromatic N) is 3. The molecule has 1 radical (unpaired) electrons. The lowest BCUT2D eigenvalue weighted by Gasteiger charge is -1.84. The van der Waals surface area contributed by atoms with Crippen LogP contribution in [0.25, 0.3) is 0 Å². The van der Waals surface area contributed by atoms with E-state index < -0.39 is 0 Å². The fourth-order valence-electron chi connectivity index (χ4n) is 0.770. The first-order valence-corrected chi connectivity index (χ1v) is 2.90. The van der Waals surface area contributed by atoms with Gasteiger partial charge >= 0.3 is 0 Å². The fraction of sp³-hybridized carbons (Fsp3) is 0. The maximum atomic E-state index is 4.00. The average Bonchev–Trinajstić information content (AvgIpc) is 2.59. The zero-order chi connectivity index (χ0) is 6.81. The van der Waals surface area contributed by atoms with E-state index in [1.165, 1.54) is 0 Å². The summed E-state index contributed by atoms with van der Waals surface area (Å²) in [5.41, 5.74) is 5.31.